The summed E-state index contributed by atoms with van der Waals surface area (Å²) in [6, 6.07) is 20.7. The van der Waals surface area contributed by atoms with Crippen molar-refractivity contribution in [2.45, 2.75) is 19.4 Å². The van der Waals surface area contributed by atoms with Gasteiger partial charge in [-0.05, 0) is 42.2 Å². The van der Waals surface area contributed by atoms with Gasteiger partial charge in [0.25, 0.3) is 0 Å². The normalized spacial score (nSPS) is 12.4. The average molecular weight is 360 g/mol. The number of primary amides is 1. The molecule has 3 N–H and O–H groups in total. The summed E-state index contributed by atoms with van der Waals surface area (Å²) in [4.78, 5) is 11.2. The maximum absolute atomic E-state index is 11.2. The molecule has 5 heteroatoms. The molecule has 0 fully saturated rings. The Balaban J connectivity index is 1.71. The molecule has 1 unspecified atom stereocenters. The lowest BCUT2D eigenvalue weighted by molar-refractivity contribution is -0.0709. The second-order valence-corrected chi connectivity index (χ2v) is 6.71. The molecule has 0 saturated carbocycles. The van der Waals surface area contributed by atoms with Crippen LogP contribution in [0.3, 0.4) is 0 Å². The van der Waals surface area contributed by atoms with Crippen LogP contribution in [0.2, 0.25) is 0 Å². The zero-order chi connectivity index (χ0) is 19.0. The summed E-state index contributed by atoms with van der Waals surface area (Å²) in [5.74, 6) is 0. The van der Waals surface area contributed by atoms with E-state index in [9.17, 15) is 10.0 Å². The van der Waals surface area contributed by atoms with Gasteiger partial charge < -0.3 is 10.2 Å². The molecule has 0 aliphatic heterocycles. The number of fused-ring (bicyclic) bond motifs is 3. The van der Waals surface area contributed by atoms with Crippen LogP contribution < -0.4 is 5.73 Å². The number of rotatable bonds is 4. The van der Waals surface area contributed by atoms with Gasteiger partial charge in [0.15, 0.2) is 0 Å². The molecule has 5 nitrogen and oxygen atoms in total. The molecule has 0 saturated heterocycles. The number of carbonyl (C=O) groups is 1. The van der Waals surface area contributed by atoms with Crippen molar-refractivity contribution in [1.29, 1.82) is 0 Å². The van der Waals surface area contributed by atoms with Crippen LogP contribution in [0.25, 0.3) is 21.9 Å². The summed E-state index contributed by atoms with van der Waals surface area (Å²) in [6.07, 6.45) is 0.841. The number of nitrogens with two attached hydrogens (primary N) is 1. The standard InChI is InChI=1S/C22H20N2O3/c1-14(24(26)22(23)25)17-8-10-19-18-9-7-16(11-15-5-3-2-4-6-15)12-20(18)27-21(19)13-17/h2-10,12-14,26H,11H2,1H3,(H2,23,25). The summed E-state index contributed by atoms with van der Waals surface area (Å²) < 4.78 is 6.05. The maximum Gasteiger partial charge on any atom is 0.339 e. The number of amides is 2. The van der Waals surface area contributed by atoms with Crippen LogP contribution in [-0.2, 0) is 6.42 Å². The van der Waals surface area contributed by atoms with E-state index >= 15 is 0 Å². The highest BCUT2D eigenvalue weighted by molar-refractivity contribution is 6.05. The van der Waals surface area contributed by atoms with E-state index in [0.717, 1.165) is 28.3 Å². The minimum atomic E-state index is -0.891. The Labute approximate surface area is 156 Å². The van der Waals surface area contributed by atoms with Crippen LogP contribution in [0.5, 0.6) is 0 Å². The number of carbonyl (C=O) groups excluding carboxylic acids is 1. The predicted octanol–water partition coefficient (Wildman–Crippen LogP) is 5.01. The Morgan fingerprint density at radius 2 is 1.67 bits per heavy atom. The minimum absolute atomic E-state index is 0.516. The Morgan fingerprint density at radius 3 is 2.37 bits per heavy atom. The molecule has 0 aliphatic rings. The monoisotopic (exact) mass is 360 g/mol. The zero-order valence-electron chi connectivity index (χ0n) is 14.9. The number of hydroxylamine groups is 2. The lowest BCUT2D eigenvalue weighted by atomic mass is 10.0. The Bertz CT molecular complexity index is 1120. The average Bonchev–Trinajstić information content (AvgIpc) is 3.04. The molecular formula is C22H20N2O3. The van der Waals surface area contributed by atoms with Crippen molar-refractivity contribution >= 4 is 28.0 Å². The van der Waals surface area contributed by atoms with Crippen LogP contribution in [0.1, 0.15) is 29.7 Å². The van der Waals surface area contributed by atoms with Crippen molar-refractivity contribution in [2.75, 3.05) is 0 Å². The van der Waals surface area contributed by atoms with Crippen molar-refractivity contribution < 1.29 is 14.4 Å². The van der Waals surface area contributed by atoms with Crippen LogP contribution in [-0.4, -0.2) is 16.3 Å². The predicted molar refractivity (Wildman–Crippen MR) is 105 cm³/mol. The smallest absolute Gasteiger partial charge is 0.339 e. The van der Waals surface area contributed by atoms with Gasteiger partial charge in [-0.25, -0.2) is 4.79 Å². The van der Waals surface area contributed by atoms with E-state index in [4.69, 9.17) is 10.2 Å². The molecule has 1 heterocycles. The molecule has 0 radical (unpaired) electrons. The number of nitrogens with zero attached hydrogens (tertiary/aromatic N) is 1. The van der Waals surface area contributed by atoms with Crippen LogP contribution >= 0.6 is 0 Å². The van der Waals surface area contributed by atoms with Crippen LogP contribution in [0.15, 0.2) is 71.1 Å². The van der Waals surface area contributed by atoms with Crippen LogP contribution in [0, 0.1) is 0 Å². The molecular weight excluding hydrogens is 340 g/mol. The minimum Gasteiger partial charge on any atom is -0.456 e. The fourth-order valence-corrected chi connectivity index (χ4v) is 3.37. The summed E-state index contributed by atoms with van der Waals surface area (Å²) in [6.45, 7) is 1.70. The topological polar surface area (TPSA) is 79.7 Å². The van der Waals surface area contributed by atoms with E-state index in [1.807, 2.05) is 36.4 Å². The Morgan fingerprint density at radius 1 is 1.00 bits per heavy atom. The molecule has 2 amide bonds. The molecule has 27 heavy (non-hydrogen) atoms. The zero-order valence-corrected chi connectivity index (χ0v) is 14.9. The van der Waals surface area contributed by atoms with E-state index in [2.05, 4.69) is 30.3 Å². The van der Waals surface area contributed by atoms with Gasteiger partial charge in [-0.1, -0.05) is 54.6 Å². The van der Waals surface area contributed by atoms with Gasteiger partial charge in [-0.15, -0.1) is 0 Å². The largest absolute Gasteiger partial charge is 0.456 e. The summed E-state index contributed by atoms with van der Waals surface area (Å²) >= 11 is 0. The number of furan rings is 1. The summed E-state index contributed by atoms with van der Waals surface area (Å²) in [5.41, 5.74) is 9.84. The van der Waals surface area contributed by atoms with E-state index < -0.39 is 12.1 Å². The van der Waals surface area contributed by atoms with Crippen molar-refractivity contribution in [2.24, 2.45) is 5.73 Å². The van der Waals surface area contributed by atoms with E-state index in [1.165, 1.54) is 11.1 Å². The molecule has 0 aliphatic carbocycles. The van der Waals surface area contributed by atoms with Crippen molar-refractivity contribution in [3.8, 4) is 0 Å². The van der Waals surface area contributed by atoms with Gasteiger partial charge in [-0.2, -0.15) is 5.06 Å². The molecule has 1 atom stereocenters. The molecule has 1 aromatic heterocycles. The highest BCUT2D eigenvalue weighted by Gasteiger charge is 2.18. The Kier molecular flexibility index (Phi) is 4.30. The van der Waals surface area contributed by atoms with E-state index in [-0.39, 0.29) is 0 Å². The van der Waals surface area contributed by atoms with E-state index in [0.29, 0.717) is 10.6 Å². The molecule has 4 rings (SSSR count). The van der Waals surface area contributed by atoms with Crippen molar-refractivity contribution in [1.82, 2.24) is 5.06 Å². The van der Waals surface area contributed by atoms with Gasteiger partial charge >= 0.3 is 6.03 Å². The third kappa shape index (κ3) is 3.25. The third-order valence-corrected chi connectivity index (χ3v) is 4.89. The first kappa shape index (κ1) is 17.1. The molecule has 3 aromatic carbocycles. The highest BCUT2D eigenvalue weighted by atomic mass is 16.5. The fraction of sp³-hybridized carbons (Fsp3) is 0.136. The van der Waals surface area contributed by atoms with Gasteiger partial charge in [0.1, 0.15) is 11.2 Å². The van der Waals surface area contributed by atoms with E-state index in [1.54, 1.807) is 6.92 Å². The fourth-order valence-electron chi connectivity index (χ4n) is 3.37. The number of benzene rings is 3. The Hall–Kier alpha value is -3.31. The molecule has 0 bridgehead atoms. The number of urea groups is 1. The highest BCUT2D eigenvalue weighted by Crippen LogP contribution is 2.32. The van der Waals surface area contributed by atoms with Crippen LogP contribution in [0.4, 0.5) is 4.79 Å². The van der Waals surface area contributed by atoms with Gasteiger partial charge in [0.2, 0.25) is 0 Å². The number of hydrogen-bond acceptors (Lipinski definition) is 3. The third-order valence-electron chi connectivity index (χ3n) is 4.89. The maximum atomic E-state index is 11.2. The SMILES string of the molecule is CC(c1ccc2c(c1)oc1cc(Cc3ccccc3)ccc12)N(O)C(N)=O. The summed E-state index contributed by atoms with van der Waals surface area (Å²) in [7, 11) is 0. The van der Waals surface area contributed by atoms with Gasteiger partial charge in [0, 0.05) is 10.8 Å². The second-order valence-electron chi connectivity index (χ2n) is 6.71. The second kappa shape index (κ2) is 6.78. The lowest BCUT2D eigenvalue weighted by Gasteiger charge is -2.20. The van der Waals surface area contributed by atoms with Gasteiger partial charge in [0.05, 0.1) is 6.04 Å². The van der Waals surface area contributed by atoms with Crippen molar-refractivity contribution in [3.63, 3.8) is 0 Å². The first-order valence-electron chi connectivity index (χ1n) is 8.79. The lowest BCUT2D eigenvalue weighted by Crippen LogP contribution is -2.34. The molecule has 0 spiro atoms. The molecule has 4 aromatic rings. The van der Waals surface area contributed by atoms with Crippen molar-refractivity contribution in [3.05, 3.63) is 83.4 Å². The quantitative estimate of drug-likeness (QED) is 0.397. The molecule has 136 valence electrons. The first-order valence-corrected chi connectivity index (χ1v) is 8.79. The van der Waals surface area contributed by atoms with Gasteiger partial charge in [-0.3, -0.25) is 5.21 Å². The number of hydrogen-bond donors (Lipinski definition) is 2. The summed E-state index contributed by atoms with van der Waals surface area (Å²) in [5, 5.41) is 12.3. The first-order chi connectivity index (χ1) is 13.0.